The molecule has 1 spiro atoms. The molecule has 1 aromatic carbocycles. The summed E-state index contributed by atoms with van der Waals surface area (Å²) in [5.74, 6) is 2.75. The smallest absolute Gasteiger partial charge is 0.156 e. The summed E-state index contributed by atoms with van der Waals surface area (Å²) in [6.45, 7) is 4.50. The summed E-state index contributed by atoms with van der Waals surface area (Å²) < 4.78 is 12.1. The van der Waals surface area contributed by atoms with Gasteiger partial charge in [0.15, 0.2) is 5.82 Å². The molecular weight excluding hydrogens is 340 g/mol. The van der Waals surface area contributed by atoms with Crippen LogP contribution < -0.4 is 9.64 Å². The first-order chi connectivity index (χ1) is 13.2. The molecule has 3 aromatic rings. The lowest BCUT2D eigenvalue weighted by molar-refractivity contribution is -0.0780. The van der Waals surface area contributed by atoms with Gasteiger partial charge in [0.25, 0.3) is 0 Å². The number of rotatable bonds is 2. The largest absolute Gasteiger partial charge is 0.496 e. The number of methoxy groups -OCH3 is 1. The average Bonchev–Trinajstić information content (AvgIpc) is 3.16. The van der Waals surface area contributed by atoms with Crippen LogP contribution in [0.15, 0.2) is 30.5 Å². The molecule has 140 valence electrons. The lowest BCUT2D eigenvalue weighted by atomic mass is 9.78. The van der Waals surface area contributed by atoms with Gasteiger partial charge in [0.2, 0.25) is 0 Å². The van der Waals surface area contributed by atoms with Crippen LogP contribution in [0.25, 0.3) is 11.0 Å². The van der Waals surface area contributed by atoms with Crippen molar-refractivity contribution in [3.8, 4) is 5.75 Å². The van der Waals surface area contributed by atoms with Gasteiger partial charge in [0, 0.05) is 24.8 Å². The number of aromatic amines is 1. The fourth-order valence-electron chi connectivity index (χ4n) is 4.65. The van der Waals surface area contributed by atoms with E-state index in [1.54, 1.807) is 7.11 Å². The molecular formula is C21H24N4O2. The number of nitrogens with zero attached hydrogens (tertiary/aromatic N) is 3. The van der Waals surface area contributed by atoms with Crippen molar-refractivity contribution in [2.24, 2.45) is 0 Å². The molecule has 0 atom stereocenters. The minimum absolute atomic E-state index is 0.256. The van der Waals surface area contributed by atoms with Crippen molar-refractivity contribution < 1.29 is 9.47 Å². The van der Waals surface area contributed by atoms with Crippen LogP contribution in [0.4, 0.5) is 5.82 Å². The Morgan fingerprint density at radius 3 is 2.85 bits per heavy atom. The third-order valence-corrected chi connectivity index (χ3v) is 5.91. The molecule has 1 fully saturated rings. The highest BCUT2D eigenvalue weighted by molar-refractivity contribution is 5.86. The summed E-state index contributed by atoms with van der Waals surface area (Å²) in [6, 6.07) is 8.35. The van der Waals surface area contributed by atoms with E-state index in [2.05, 4.69) is 33.1 Å². The third kappa shape index (κ3) is 2.58. The molecule has 2 aliphatic rings. The number of piperidine rings is 1. The number of ether oxygens (including phenoxy) is 2. The van der Waals surface area contributed by atoms with Gasteiger partial charge < -0.3 is 19.4 Å². The average molecular weight is 364 g/mol. The molecule has 0 radical (unpaired) electrons. The van der Waals surface area contributed by atoms with Crippen LogP contribution in [-0.2, 0) is 16.8 Å². The maximum Gasteiger partial charge on any atom is 0.156 e. The molecule has 0 aliphatic carbocycles. The first-order valence-electron chi connectivity index (χ1n) is 9.57. The highest BCUT2D eigenvalue weighted by Crippen LogP contribution is 2.46. The van der Waals surface area contributed by atoms with Crippen molar-refractivity contribution in [1.29, 1.82) is 0 Å². The summed E-state index contributed by atoms with van der Waals surface area (Å²) >= 11 is 0. The zero-order valence-corrected chi connectivity index (χ0v) is 15.8. The van der Waals surface area contributed by atoms with Crippen molar-refractivity contribution in [2.75, 3.05) is 31.7 Å². The second-order valence-electron chi connectivity index (χ2n) is 7.41. The topological polar surface area (TPSA) is 63.3 Å². The normalized spacial score (nSPS) is 18.7. The molecule has 2 aromatic heterocycles. The standard InChI is InChI=1S/C21H24N4O2/c1-14-23-16-6-10-22-19(16)20(24-14)25-11-8-21(9-12-25)18-15(7-13-27-21)4-3-5-17(18)26-2/h3-6,10,22H,7-9,11-13H2,1-2H3. The van der Waals surface area contributed by atoms with E-state index in [4.69, 9.17) is 14.5 Å². The Balaban J connectivity index is 1.48. The van der Waals surface area contributed by atoms with Crippen LogP contribution in [0.2, 0.25) is 0 Å². The van der Waals surface area contributed by atoms with Crippen LogP contribution >= 0.6 is 0 Å². The summed E-state index contributed by atoms with van der Waals surface area (Å²) in [7, 11) is 1.75. The Labute approximate surface area is 158 Å². The van der Waals surface area contributed by atoms with Crippen LogP contribution in [0.5, 0.6) is 5.75 Å². The van der Waals surface area contributed by atoms with E-state index < -0.39 is 0 Å². The Morgan fingerprint density at radius 1 is 1.19 bits per heavy atom. The Kier molecular flexibility index (Phi) is 3.82. The molecule has 4 heterocycles. The van der Waals surface area contributed by atoms with E-state index in [9.17, 15) is 0 Å². The molecule has 6 heteroatoms. The van der Waals surface area contributed by atoms with Gasteiger partial charge in [-0.05, 0) is 43.9 Å². The molecule has 0 bridgehead atoms. The fourth-order valence-corrected chi connectivity index (χ4v) is 4.65. The second-order valence-corrected chi connectivity index (χ2v) is 7.41. The van der Waals surface area contributed by atoms with Crippen molar-refractivity contribution in [1.82, 2.24) is 15.0 Å². The van der Waals surface area contributed by atoms with Gasteiger partial charge in [-0.15, -0.1) is 0 Å². The first-order valence-corrected chi connectivity index (χ1v) is 9.57. The minimum atomic E-state index is -0.256. The zero-order chi connectivity index (χ0) is 18.4. The summed E-state index contributed by atoms with van der Waals surface area (Å²) in [5, 5.41) is 0. The van der Waals surface area contributed by atoms with Gasteiger partial charge in [0.05, 0.1) is 19.2 Å². The lowest BCUT2D eigenvalue weighted by Crippen LogP contribution is -2.47. The van der Waals surface area contributed by atoms with Crippen molar-refractivity contribution in [3.05, 3.63) is 47.4 Å². The molecule has 0 saturated carbocycles. The molecule has 27 heavy (non-hydrogen) atoms. The summed E-state index contributed by atoms with van der Waals surface area (Å²) in [4.78, 5) is 14.9. The maximum absolute atomic E-state index is 6.41. The first kappa shape index (κ1) is 16.6. The van der Waals surface area contributed by atoms with E-state index >= 15 is 0 Å². The van der Waals surface area contributed by atoms with Gasteiger partial charge in [-0.25, -0.2) is 9.97 Å². The molecule has 6 nitrogen and oxygen atoms in total. The van der Waals surface area contributed by atoms with E-state index in [1.165, 1.54) is 11.1 Å². The Morgan fingerprint density at radius 2 is 2.04 bits per heavy atom. The molecule has 5 rings (SSSR count). The maximum atomic E-state index is 6.41. The SMILES string of the molecule is COc1cccc2c1C1(CCN(c3nc(C)nc4cc[nH]c34)CC1)OCC2. The number of aromatic nitrogens is 3. The highest BCUT2D eigenvalue weighted by Gasteiger charge is 2.43. The van der Waals surface area contributed by atoms with Gasteiger partial charge in [-0.1, -0.05) is 12.1 Å². The van der Waals surface area contributed by atoms with E-state index in [1.807, 2.05) is 19.2 Å². The quantitative estimate of drug-likeness (QED) is 0.756. The van der Waals surface area contributed by atoms with Crippen molar-refractivity contribution in [2.45, 2.75) is 31.8 Å². The number of benzene rings is 1. The second kappa shape index (κ2) is 6.23. The van der Waals surface area contributed by atoms with Gasteiger partial charge in [0.1, 0.15) is 22.7 Å². The van der Waals surface area contributed by atoms with E-state index in [0.29, 0.717) is 0 Å². The molecule has 0 amide bonds. The van der Waals surface area contributed by atoms with Crippen LogP contribution in [0.3, 0.4) is 0 Å². The van der Waals surface area contributed by atoms with Gasteiger partial charge in [-0.2, -0.15) is 0 Å². The Bertz CT molecular complexity index is 975. The molecule has 1 N–H and O–H groups in total. The number of hydrogen-bond acceptors (Lipinski definition) is 5. The van der Waals surface area contributed by atoms with Gasteiger partial charge in [-0.3, -0.25) is 0 Å². The fraction of sp³-hybridized carbons (Fsp3) is 0.429. The lowest BCUT2D eigenvalue weighted by Gasteiger charge is -2.45. The zero-order valence-electron chi connectivity index (χ0n) is 15.8. The highest BCUT2D eigenvalue weighted by atomic mass is 16.5. The van der Waals surface area contributed by atoms with E-state index in [0.717, 1.165) is 67.4 Å². The Hall–Kier alpha value is -2.60. The summed E-state index contributed by atoms with van der Waals surface area (Å²) in [6.07, 6.45) is 4.72. The number of hydrogen-bond donors (Lipinski definition) is 1. The number of fused-ring (bicyclic) bond motifs is 3. The van der Waals surface area contributed by atoms with Crippen LogP contribution in [0.1, 0.15) is 29.8 Å². The third-order valence-electron chi connectivity index (χ3n) is 5.91. The number of nitrogens with one attached hydrogen (secondary N) is 1. The predicted octanol–water partition coefficient (Wildman–Crippen LogP) is 3.34. The monoisotopic (exact) mass is 364 g/mol. The number of aryl methyl sites for hydroxylation is 1. The van der Waals surface area contributed by atoms with Crippen molar-refractivity contribution in [3.63, 3.8) is 0 Å². The minimum Gasteiger partial charge on any atom is -0.496 e. The molecule has 1 saturated heterocycles. The summed E-state index contributed by atoms with van der Waals surface area (Å²) in [5.41, 5.74) is 4.34. The van der Waals surface area contributed by atoms with Crippen LogP contribution in [0, 0.1) is 6.92 Å². The molecule has 0 unspecified atom stereocenters. The number of anilines is 1. The van der Waals surface area contributed by atoms with Crippen LogP contribution in [-0.4, -0.2) is 41.8 Å². The molecule has 2 aliphatic heterocycles. The number of H-pyrrole nitrogens is 1. The van der Waals surface area contributed by atoms with Gasteiger partial charge >= 0.3 is 0 Å². The van der Waals surface area contributed by atoms with Crippen molar-refractivity contribution >= 4 is 16.9 Å². The predicted molar refractivity (Wildman–Crippen MR) is 104 cm³/mol. The van der Waals surface area contributed by atoms with E-state index in [-0.39, 0.29) is 5.60 Å².